The van der Waals surface area contributed by atoms with Crippen molar-refractivity contribution in [2.24, 2.45) is 11.5 Å². The molecule has 0 aromatic heterocycles. The fourth-order valence-electron chi connectivity index (χ4n) is 2.31. The number of rotatable bonds is 4. The first-order chi connectivity index (χ1) is 9.86. The Bertz CT molecular complexity index is 643. The number of hydrogen-bond acceptors (Lipinski definition) is 5. The molecule has 0 spiro atoms. The van der Waals surface area contributed by atoms with Gasteiger partial charge in [0, 0.05) is 19.1 Å². The van der Waals surface area contributed by atoms with Crippen molar-refractivity contribution < 1.29 is 17.9 Å². The second kappa shape index (κ2) is 7.28. The summed E-state index contributed by atoms with van der Waals surface area (Å²) in [5.41, 5.74) is 11.1. The number of primary amides is 1. The van der Waals surface area contributed by atoms with E-state index in [0.29, 0.717) is 25.9 Å². The van der Waals surface area contributed by atoms with E-state index in [0.717, 1.165) is 0 Å². The van der Waals surface area contributed by atoms with Gasteiger partial charge in [-0.3, -0.25) is 4.79 Å². The van der Waals surface area contributed by atoms with Gasteiger partial charge in [0.1, 0.15) is 5.75 Å². The number of ether oxygens (including phenoxy) is 1. The largest absolute Gasteiger partial charge is 0.496 e. The highest BCUT2D eigenvalue weighted by atomic mass is 35.5. The van der Waals surface area contributed by atoms with Crippen LogP contribution in [0.1, 0.15) is 23.2 Å². The van der Waals surface area contributed by atoms with E-state index >= 15 is 0 Å². The molecule has 1 aromatic carbocycles. The van der Waals surface area contributed by atoms with Crippen LogP contribution in [-0.4, -0.2) is 44.9 Å². The molecule has 1 aliphatic heterocycles. The summed E-state index contributed by atoms with van der Waals surface area (Å²) < 4.78 is 31.5. The van der Waals surface area contributed by atoms with Gasteiger partial charge in [0.25, 0.3) is 5.91 Å². The Morgan fingerprint density at radius 2 is 1.91 bits per heavy atom. The molecule has 1 fully saturated rings. The zero-order valence-electron chi connectivity index (χ0n) is 12.2. The summed E-state index contributed by atoms with van der Waals surface area (Å²) >= 11 is 0. The monoisotopic (exact) mass is 349 g/mol. The average molecular weight is 350 g/mol. The second-order valence-electron chi connectivity index (χ2n) is 4.97. The summed E-state index contributed by atoms with van der Waals surface area (Å²) in [6.45, 7) is 0.753. The molecule has 7 nitrogen and oxygen atoms in total. The fourth-order valence-corrected chi connectivity index (χ4v) is 3.80. The summed E-state index contributed by atoms with van der Waals surface area (Å²) in [7, 11) is -2.26. The topological polar surface area (TPSA) is 116 Å². The smallest absolute Gasteiger partial charge is 0.252 e. The van der Waals surface area contributed by atoms with Gasteiger partial charge in [-0.25, -0.2) is 8.42 Å². The van der Waals surface area contributed by atoms with Crippen LogP contribution in [0, 0.1) is 0 Å². The Balaban J connectivity index is 0.00000242. The number of halogens is 1. The zero-order chi connectivity index (χ0) is 15.6. The second-order valence-corrected chi connectivity index (χ2v) is 6.91. The van der Waals surface area contributed by atoms with E-state index in [1.165, 1.54) is 29.6 Å². The van der Waals surface area contributed by atoms with Crippen molar-refractivity contribution in [1.29, 1.82) is 0 Å². The van der Waals surface area contributed by atoms with Gasteiger partial charge < -0.3 is 16.2 Å². The predicted molar refractivity (Wildman–Crippen MR) is 84.7 cm³/mol. The molecule has 1 saturated heterocycles. The van der Waals surface area contributed by atoms with Crippen LogP contribution in [0.15, 0.2) is 23.1 Å². The molecule has 0 radical (unpaired) electrons. The highest BCUT2D eigenvalue weighted by molar-refractivity contribution is 7.89. The highest BCUT2D eigenvalue weighted by Gasteiger charge is 2.29. The van der Waals surface area contributed by atoms with Crippen molar-refractivity contribution in [2.45, 2.75) is 23.8 Å². The Morgan fingerprint density at radius 3 is 2.41 bits per heavy atom. The number of methoxy groups -OCH3 is 1. The van der Waals surface area contributed by atoms with Gasteiger partial charge >= 0.3 is 0 Å². The van der Waals surface area contributed by atoms with Crippen LogP contribution >= 0.6 is 12.4 Å². The molecule has 1 aromatic rings. The van der Waals surface area contributed by atoms with E-state index in [1.54, 1.807) is 0 Å². The third kappa shape index (κ3) is 3.70. The van der Waals surface area contributed by atoms with Crippen molar-refractivity contribution in [3.8, 4) is 5.75 Å². The van der Waals surface area contributed by atoms with Crippen LogP contribution < -0.4 is 16.2 Å². The van der Waals surface area contributed by atoms with E-state index in [1.807, 2.05) is 0 Å². The number of nitrogens with zero attached hydrogens (tertiary/aromatic N) is 1. The van der Waals surface area contributed by atoms with E-state index in [-0.39, 0.29) is 34.7 Å². The number of piperidine rings is 1. The van der Waals surface area contributed by atoms with E-state index in [2.05, 4.69) is 0 Å². The molecule has 4 N–H and O–H groups in total. The minimum atomic E-state index is -3.65. The first-order valence-corrected chi connectivity index (χ1v) is 8.04. The van der Waals surface area contributed by atoms with E-state index in [9.17, 15) is 13.2 Å². The maximum absolute atomic E-state index is 12.6. The van der Waals surface area contributed by atoms with Crippen molar-refractivity contribution >= 4 is 28.3 Å². The molecule has 124 valence electrons. The van der Waals surface area contributed by atoms with Gasteiger partial charge in [-0.1, -0.05) is 0 Å². The molecule has 1 amide bonds. The number of hydrogen-bond donors (Lipinski definition) is 2. The van der Waals surface area contributed by atoms with Gasteiger partial charge in [0.2, 0.25) is 10.0 Å². The van der Waals surface area contributed by atoms with Gasteiger partial charge in [-0.15, -0.1) is 12.4 Å². The quantitative estimate of drug-likeness (QED) is 0.812. The standard InChI is InChI=1S/C13H19N3O4S.ClH/c1-20-12-3-2-10(8-11(12)13(15)17)21(18,19)16-6-4-9(14)5-7-16;/h2-3,8-9H,4-7,14H2,1H3,(H2,15,17);1H. The number of amides is 1. The van der Waals surface area contributed by atoms with E-state index < -0.39 is 15.9 Å². The van der Waals surface area contributed by atoms with Crippen molar-refractivity contribution in [3.63, 3.8) is 0 Å². The molecule has 0 unspecified atom stereocenters. The lowest BCUT2D eigenvalue weighted by Gasteiger charge is -2.29. The number of benzene rings is 1. The molecule has 0 atom stereocenters. The maximum atomic E-state index is 12.6. The summed E-state index contributed by atoms with van der Waals surface area (Å²) in [5, 5.41) is 0. The minimum absolute atomic E-state index is 0. The van der Waals surface area contributed by atoms with Crippen molar-refractivity contribution in [3.05, 3.63) is 23.8 Å². The molecule has 1 aliphatic rings. The molecule has 9 heteroatoms. The van der Waals surface area contributed by atoms with Gasteiger partial charge in [0.05, 0.1) is 17.6 Å². The molecule has 22 heavy (non-hydrogen) atoms. The van der Waals surface area contributed by atoms with Crippen LogP contribution in [0.5, 0.6) is 5.75 Å². The maximum Gasteiger partial charge on any atom is 0.252 e. The van der Waals surface area contributed by atoms with Gasteiger partial charge in [-0.2, -0.15) is 4.31 Å². The Labute approximate surface area is 136 Å². The van der Waals surface area contributed by atoms with Gasteiger partial charge in [-0.05, 0) is 31.0 Å². The van der Waals surface area contributed by atoms with Gasteiger partial charge in [0.15, 0.2) is 0 Å². The number of carbonyl (C=O) groups excluding carboxylic acids is 1. The number of nitrogens with two attached hydrogens (primary N) is 2. The van der Waals surface area contributed by atoms with E-state index in [4.69, 9.17) is 16.2 Å². The highest BCUT2D eigenvalue weighted by Crippen LogP contribution is 2.25. The lowest BCUT2D eigenvalue weighted by molar-refractivity contribution is 0.0997. The summed E-state index contributed by atoms with van der Waals surface area (Å²) in [6.07, 6.45) is 1.25. The van der Waals surface area contributed by atoms with Crippen molar-refractivity contribution in [2.75, 3.05) is 20.2 Å². The molecular weight excluding hydrogens is 330 g/mol. The lowest BCUT2D eigenvalue weighted by Crippen LogP contribution is -2.42. The summed E-state index contributed by atoms with van der Waals surface area (Å²) in [5.74, 6) is -0.480. The number of carbonyl (C=O) groups is 1. The lowest BCUT2D eigenvalue weighted by atomic mass is 10.1. The first kappa shape index (κ1) is 18.7. The molecule has 0 aliphatic carbocycles. The first-order valence-electron chi connectivity index (χ1n) is 6.60. The zero-order valence-corrected chi connectivity index (χ0v) is 13.8. The fraction of sp³-hybridized carbons (Fsp3) is 0.462. The average Bonchev–Trinajstić information content (AvgIpc) is 2.46. The van der Waals surface area contributed by atoms with Crippen LogP contribution in [-0.2, 0) is 10.0 Å². The molecule has 2 rings (SSSR count). The van der Waals surface area contributed by atoms with Crippen molar-refractivity contribution in [1.82, 2.24) is 4.31 Å². The van der Waals surface area contributed by atoms with Crippen LogP contribution in [0.3, 0.4) is 0 Å². The molecular formula is C13H20ClN3O4S. The third-order valence-electron chi connectivity index (χ3n) is 3.57. The summed E-state index contributed by atoms with van der Waals surface area (Å²) in [6, 6.07) is 4.14. The minimum Gasteiger partial charge on any atom is -0.496 e. The SMILES string of the molecule is COc1ccc(S(=O)(=O)N2CCC(N)CC2)cc1C(N)=O.Cl. The van der Waals surface area contributed by atoms with Crippen LogP contribution in [0.4, 0.5) is 0 Å². The molecule has 1 heterocycles. The molecule has 0 bridgehead atoms. The Hall–Kier alpha value is -1.35. The third-order valence-corrected chi connectivity index (χ3v) is 5.47. The number of sulfonamides is 1. The summed E-state index contributed by atoms with van der Waals surface area (Å²) in [4.78, 5) is 11.4. The van der Waals surface area contributed by atoms with Crippen LogP contribution in [0.2, 0.25) is 0 Å². The predicted octanol–water partition coefficient (Wildman–Crippen LogP) is 0.328. The Kier molecular flexibility index (Phi) is 6.18. The Morgan fingerprint density at radius 1 is 1.32 bits per heavy atom. The molecule has 0 saturated carbocycles. The van der Waals surface area contributed by atoms with Crippen LogP contribution in [0.25, 0.3) is 0 Å². The normalized spacial score (nSPS) is 16.8.